The molecule has 19 heavy (non-hydrogen) atoms. The number of aromatic nitrogens is 1. The third-order valence-corrected chi connectivity index (χ3v) is 3.45. The quantitative estimate of drug-likeness (QED) is 0.773. The molecule has 2 heterocycles. The summed E-state index contributed by atoms with van der Waals surface area (Å²) in [6, 6.07) is 5.61. The zero-order chi connectivity index (χ0) is 13.9. The van der Waals surface area contributed by atoms with E-state index in [4.69, 9.17) is 10.00 Å². The van der Waals surface area contributed by atoms with E-state index in [1.165, 1.54) is 0 Å². The molecule has 100 valence electrons. The van der Waals surface area contributed by atoms with Crippen molar-refractivity contribution in [2.45, 2.75) is 20.3 Å². The first kappa shape index (κ1) is 13.3. The monoisotopic (exact) mass is 259 g/mol. The number of esters is 1. The summed E-state index contributed by atoms with van der Waals surface area (Å²) in [4.78, 5) is 18.2. The van der Waals surface area contributed by atoms with E-state index < -0.39 is 5.41 Å². The van der Waals surface area contributed by atoms with Crippen LogP contribution >= 0.6 is 0 Å². The number of hydrogen-bond acceptors (Lipinski definition) is 5. The minimum atomic E-state index is -0.514. The van der Waals surface area contributed by atoms with Crippen molar-refractivity contribution < 1.29 is 9.53 Å². The van der Waals surface area contributed by atoms with Crippen molar-refractivity contribution in [1.29, 1.82) is 5.26 Å². The number of ether oxygens (including phenoxy) is 1. The number of hydrogen-bond donors (Lipinski definition) is 0. The molecule has 0 spiro atoms. The molecule has 0 aliphatic carbocycles. The SMILES string of the molecule is CCOC(=O)C1(C)CCN(c2ncccc2C#N)C1. The van der Waals surface area contributed by atoms with Gasteiger partial charge in [0.15, 0.2) is 0 Å². The van der Waals surface area contributed by atoms with E-state index in [1.807, 2.05) is 11.8 Å². The van der Waals surface area contributed by atoms with Crippen molar-refractivity contribution in [3.05, 3.63) is 23.9 Å². The van der Waals surface area contributed by atoms with Gasteiger partial charge in [-0.3, -0.25) is 4.79 Å². The van der Waals surface area contributed by atoms with Crippen LogP contribution in [0.25, 0.3) is 0 Å². The number of nitriles is 1. The lowest BCUT2D eigenvalue weighted by atomic mass is 9.90. The molecule has 1 atom stereocenters. The first-order valence-corrected chi connectivity index (χ1v) is 6.38. The Bertz CT molecular complexity index is 524. The molecule has 2 rings (SSSR count). The molecular formula is C14H17N3O2. The van der Waals surface area contributed by atoms with Gasteiger partial charge in [-0.15, -0.1) is 0 Å². The lowest BCUT2D eigenvalue weighted by molar-refractivity contribution is -0.153. The normalized spacial score (nSPS) is 22.1. The van der Waals surface area contributed by atoms with Crippen molar-refractivity contribution in [3.8, 4) is 6.07 Å². The van der Waals surface area contributed by atoms with E-state index in [-0.39, 0.29) is 5.97 Å². The number of rotatable bonds is 3. The Morgan fingerprint density at radius 1 is 1.68 bits per heavy atom. The van der Waals surface area contributed by atoms with Gasteiger partial charge in [0.2, 0.25) is 0 Å². The summed E-state index contributed by atoms with van der Waals surface area (Å²) in [7, 11) is 0. The Balaban J connectivity index is 2.18. The molecule has 5 nitrogen and oxygen atoms in total. The van der Waals surface area contributed by atoms with Crippen LogP contribution in [0.4, 0.5) is 5.82 Å². The van der Waals surface area contributed by atoms with Crippen LogP contribution in [0, 0.1) is 16.7 Å². The highest BCUT2D eigenvalue weighted by Crippen LogP contribution is 2.34. The maximum absolute atomic E-state index is 12.0. The Kier molecular flexibility index (Phi) is 3.70. The molecule has 0 radical (unpaired) electrons. The van der Waals surface area contributed by atoms with Gasteiger partial charge in [0.25, 0.3) is 0 Å². The fourth-order valence-electron chi connectivity index (χ4n) is 2.35. The van der Waals surface area contributed by atoms with Crippen LogP contribution in [-0.4, -0.2) is 30.6 Å². The minimum Gasteiger partial charge on any atom is -0.466 e. The molecule has 5 heteroatoms. The summed E-state index contributed by atoms with van der Waals surface area (Å²) in [6.45, 7) is 5.35. The molecule has 0 saturated carbocycles. The van der Waals surface area contributed by atoms with Gasteiger partial charge in [0.05, 0.1) is 17.6 Å². The highest BCUT2D eigenvalue weighted by Gasteiger charge is 2.42. The van der Waals surface area contributed by atoms with E-state index in [9.17, 15) is 4.79 Å². The van der Waals surface area contributed by atoms with E-state index in [0.29, 0.717) is 37.5 Å². The topological polar surface area (TPSA) is 66.2 Å². The summed E-state index contributed by atoms with van der Waals surface area (Å²) in [6.07, 6.45) is 2.38. The van der Waals surface area contributed by atoms with Crippen LogP contribution in [0.15, 0.2) is 18.3 Å². The van der Waals surface area contributed by atoms with Gasteiger partial charge in [-0.2, -0.15) is 5.26 Å². The van der Waals surface area contributed by atoms with Gasteiger partial charge in [0, 0.05) is 19.3 Å². The first-order chi connectivity index (χ1) is 9.10. The smallest absolute Gasteiger partial charge is 0.313 e. The molecule has 0 bridgehead atoms. The van der Waals surface area contributed by atoms with E-state index in [0.717, 1.165) is 0 Å². The van der Waals surface area contributed by atoms with Gasteiger partial charge in [-0.1, -0.05) is 0 Å². The summed E-state index contributed by atoms with van der Waals surface area (Å²) < 4.78 is 5.12. The maximum Gasteiger partial charge on any atom is 0.313 e. The molecular weight excluding hydrogens is 242 g/mol. The standard InChI is InChI=1S/C14H17N3O2/c1-3-19-13(18)14(2)6-8-17(10-14)12-11(9-15)5-4-7-16-12/h4-5,7H,3,6,8,10H2,1-2H3. The molecule has 1 aliphatic rings. The summed E-state index contributed by atoms with van der Waals surface area (Å²) >= 11 is 0. The molecule has 1 aliphatic heterocycles. The summed E-state index contributed by atoms with van der Waals surface area (Å²) in [5.41, 5.74) is 0.0240. The van der Waals surface area contributed by atoms with Gasteiger partial charge >= 0.3 is 5.97 Å². The Morgan fingerprint density at radius 2 is 2.47 bits per heavy atom. The number of carbonyl (C=O) groups is 1. The van der Waals surface area contributed by atoms with Crippen LogP contribution in [0.5, 0.6) is 0 Å². The van der Waals surface area contributed by atoms with Gasteiger partial charge in [-0.25, -0.2) is 4.98 Å². The fourth-order valence-corrected chi connectivity index (χ4v) is 2.35. The lowest BCUT2D eigenvalue weighted by Crippen LogP contribution is -2.34. The molecule has 1 fully saturated rings. The first-order valence-electron chi connectivity index (χ1n) is 6.38. The Labute approximate surface area is 112 Å². The average Bonchev–Trinajstić information content (AvgIpc) is 2.83. The molecule has 1 aromatic heterocycles. The van der Waals surface area contributed by atoms with Crippen molar-refractivity contribution in [2.24, 2.45) is 5.41 Å². The Morgan fingerprint density at radius 3 is 3.16 bits per heavy atom. The van der Waals surface area contributed by atoms with Crippen LogP contribution in [-0.2, 0) is 9.53 Å². The van der Waals surface area contributed by atoms with Crippen LogP contribution in [0.3, 0.4) is 0 Å². The predicted octanol–water partition coefficient (Wildman–Crippen LogP) is 1.73. The van der Waals surface area contributed by atoms with Crippen LogP contribution < -0.4 is 4.90 Å². The van der Waals surface area contributed by atoms with Crippen LogP contribution in [0.1, 0.15) is 25.8 Å². The van der Waals surface area contributed by atoms with Crippen molar-refractivity contribution in [2.75, 3.05) is 24.6 Å². The average molecular weight is 259 g/mol. The minimum absolute atomic E-state index is 0.174. The largest absolute Gasteiger partial charge is 0.466 e. The van der Waals surface area contributed by atoms with Gasteiger partial charge in [0.1, 0.15) is 11.9 Å². The number of carbonyl (C=O) groups excluding carboxylic acids is 1. The van der Waals surface area contributed by atoms with Crippen molar-refractivity contribution in [1.82, 2.24) is 4.98 Å². The fraction of sp³-hybridized carbons (Fsp3) is 0.500. The number of anilines is 1. The highest BCUT2D eigenvalue weighted by atomic mass is 16.5. The predicted molar refractivity (Wildman–Crippen MR) is 70.5 cm³/mol. The third-order valence-electron chi connectivity index (χ3n) is 3.45. The maximum atomic E-state index is 12.0. The second kappa shape index (κ2) is 5.27. The molecule has 0 amide bonds. The van der Waals surface area contributed by atoms with Crippen molar-refractivity contribution in [3.63, 3.8) is 0 Å². The zero-order valence-corrected chi connectivity index (χ0v) is 11.2. The second-order valence-electron chi connectivity index (χ2n) is 4.94. The molecule has 0 N–H and O–H groups in total. The molecule has 0 aromatic carbocycles. The summed E-state index contributed by atoms with van der Waals surface area (Å²) in [5, 5.41) is 9.09. The third kappa shape index (κ3) is 2.53. The van der Waals surface area contributed by atoms with E-state index in [1.54, 1.807) is 25.3 Å². The second-order valence-corrected chi connectivity index (χ2v) is 4.94. The number of nitrogens with zero attached hydrogens (tertiary/aromatic N) is 3. The van der Waals surface area contributed by atoms with Gasteiger partial charge in [-0.05, 0) is 32.4 Å². The number of pyridine rings is 1. The van der Waals surface area contributed by atoms with E-state index >= 15 is 0 Å². The zero-order valence-electron chi connectivity index (χ0n) is 11.2. The van der Waals surface area contributed by atoms with E-state index in [2.05, 4.69) is 11.1 Å². The lowest BCUT2D eigenvalue weighted by Gasteiger charge is -2.23. The summed E-state index contributed by atoms with van der Waals surface area (Å²) in [5.74, 6) is 0.477. The molecule has 1 aromatic rings. The van der Waals surface area contributed by atoms with Gasteiger partial charge < -0.3 is 9.64 Å². The molecule has 1 saturated heterocycles. The Hall–Kier alpha value is -2.09. The molecule has 1 unspecified atom stereocenters. The highest BCUT2D eigenvalue weighted by molar-refractivity contribution is 5.78. The van der Waals surface area contributed by atoms with Crippen molar-refractivity contribution >= 4 is 11.8 Å². The van der Waals surface area contributed by atoms with Crippen LogP contribution in [0.2, 0.25) is 0 Å².